The van der Waals surface area contributed by atoms with Crippen molar-refractivity contribution in [1.29, 1.82) is 0 Å². The van der Waals surface area contributed by atoms with Crippen LogP contribution in [0.25, 0.3) is 0 Å². The van der Waals surface area contributed by atoms with E-state index >= 15 is 0 Å². The van der Waals surface area contributed by atoms with Gasteiger partial charge in [-0.05, 0) is 57.6 Å². The zero-order valence-corrected chi connectivity index (χ0v) is 12.5. The third kappa shape index (κ3) is 3.24. The summed E-state index contributed by atoms with van der Waals surface area (Å²) in [7, 11) is 0. The van der Waals surface area contributed by atoms with Crippen molar-refractivity contribution in [2.75, 3.05) is 6.61 Å². The normalized spacial score (nSPS) is 22.1. The van der Waals surface area contributed by atoms with Crippen LogP contribution in [0.2, 0.25) is 0 Å². The first kappa shape index (κ1) is 14.3. The van der Waals surface area contributed by atoms with Gasteiger partial charge in [-0.25, -0.2) is 0 Å². The highest BCUT2D eigenvalue weighted by Crippen LogP contribution is 2.34. The second-order valence-electron chi connectivity index (χ2n) is 5.82. The number of ether oxygens (including phenoxy) is 1. The number of Topliss-reactive ketones (excluding diaryl/α,β-unsaturated/α-hetero) is 1. The van der Waals surface area contributed by atoms with Crippen LogP contribution < -0.4 is 0 Å². The lowest BCUT2D eigenvalue weighted by Crippen LogP contribution is -2.32. The summed E-state index contributed by atoms with van der Waals surface area (Å²) in [6.45, 7) is 8.96. The summed E-state index contributed by atoms with van der Waals surface area (Å²) in [6.07, 6.45) is 3.16. The van der Waals surface area contributed by atoms with Gasteiger partial charge in [0.1, 0.15) is 0 Å². The number of benzene rings is 1. The Morgan fingerprint density at radius 1 is 1.21 bits per heavy atom. The Labute approximate surface area is 116 Å². The monoisotopic (exact) mass is 260 g/mol. The summed E-state index contributed by atoms with van der Waals surface area (Å²) in [5.74, 6) is 0.819. The SMILES string of the molecule is CCOC1CC(CC(=O)c2c(C)cc(C)cc2C)C1. The number of rotatable bonds is 5. The van der Waals surface area contributed by atoms with E-state index in [1.54, 1.807) is 0 Å². The maximum absolute atomic E-state index is 12.4. The Kier molecular flexibility index (Phi) is 4.41. The third-order valence-corrected chi connectivity index (χ3v) is 4.02. The largest absolute Gasteiger partial charge is 0.378 e. The molecule has 1 saturated carbocycles. The highest BCUT2D eigenvalue weighted by molar-refractivity contribution is 5.99. The molecule has 1 aliphatic carbocycles. The lowest BCUT2D eigenvalue weighted by atomic mass is 9.77. The van der Waals surface area contributed by atoms with Crippen molar-refractivity contribution in [3.05, 3.63) is 34.4 Å². The van der Waals surface area contributed by atoms with Crippen molar-refractivity contribution in [1.82, 2.24) is 0 Å². The van der Waals surface area contributed by atoms with Gasteiger partial charge >= 0.3 is 0 Å². The standard InChI is InChI=1S/C17H24O2/c1-5-19-15-8-14(9-15)10-16(18)17-12(3)6-11(2)7-13(17)4/h6-7,14-15H,5,8-10H2,1-4H3. The molecule has 0 bridgehead atoms. The smallest absolute Gasteiger partial charge is 0.163 e. The molecule has 0 radical (unpaired) electrons. The van der Waals surface area contributed by atoms with Gasteiger partial charge in [-0.1, -0.05) is 17.7 Å². The number of carbonyl (C=O) groups excluding carboxylic acids is 1. The van der Waals surface area contributed by atoms with Gasteiger partial charge in [0.25, 0.3) is 0 Å². The molecule has 1 aliphatic rings. The minimum Gasteiger partial charge on any atom is -0.378 e. The molecule has 0 heterocycles. The molecule has 0 spiro atoms. The number of ketones is 1. The van der Waals surface area contributed by atoms with E-state index in [0.29, 0.717) is 24.2 Å². The molecule has 0 unspecified atom stereocenters. The predicted molar refractivity (Wildman–Crippen MR) is 77.7 cm³/mol. The van der Waals surface area contributed by atoms with Gasteiger partial charge in [0.15, 0.2) is 5.78 Å². The Hall–Kier alpha value is -1.15. The molecule has 0 amide bonds. The molecular weight excluding hydrogens is 236 g/mol. The minimum atomic E-state index is 0.301. The van der Waals surface area contributed by atoms with E-state index in [-0.39, 0.29) is 0 Å². The molecule has 1 aromatic carbocycles. The fourth-order valence-electron chi connectivity index (χ4n) is 3.20. The van der Waals surface area contributed by atoms with Crippen molar-refractivity contribution in [3.63, 3.8) is 0 Å². The summed E-state index contributed by atoms with van der Waals surface area (Å²) < 4.78 is 5.55. The first-order chi connectivity index (χ1) is 9.01. The highest BCUT2D eigenvalue weighted by Gasteiger charge is 2.31. The van der Waals surface area contributed by atoms with E-state index in [1.165, 1.54) is 5.56 Å². The summed E-state index contributed by atoms with van der Waals surface area (Å²) in [5.41, 5.74) is 4.39. The van der Waals surface area contributed by atoms with Crippen molar-refractivity contribution in [3.8, 4) is 0 Å². The van der Waals surface area contributed by atoms with E-state index in [0.717, 1.165) is 36.1 Å². The fourth-order valence-corrected chi connectivity index (χ4v) is 3.20. The van der Waals surface area contributed by atoms with Crippen LogP contribution in [0, 0.1) is 26.7 Å². The highest BCUT2D eigenvalue weighted by atomic mass is 16.5. The first-order valence-corrected chi connectivity index (χ1v) is 7.24. The molecule has 2 rings (SSSR count). The van der Waals surface area contributed by atoms with Gasteiger partial charge in [0.2, 0.25) is 0 Å². The Balaban J connectivity index is 1.98. The average Bonchev–Trinajstić information content (AvgIpc) is 2.24. The van der Waals surface area contributed by atoms with Crippen LogP contribution in [0.1, 0.15) is 53.2 Å². The van der Waals surface area contributed by atoms with Crippen molar-refractivity contribution < 1.29 is 9.53 Å². The van der Waals surface area contributed by atoms with E-state index in [9.17, 15) is 4.79 Å². The number of hydrogen-bond acceptors (Lipinski definition) is 2. The molecule has 19 heavy (non-hydrogen) atoms. The molecule has 2 heteroatoms. The molecule has 0 saturated heterocycles. The second kappa shape index (κ2) is 5.87. The van der Waals surface area contributed by atoms with Crippen LogP contribution in [0.4, 0.5) is 0 Å². The summed E-state index contributed by atoms with van der Waals surface area (Å²) >= 11 is 0. The minimum absolute atomic E-state index is 0.301. The van der Waals surface area contributed by atoms with Crippen molar-refractivity contribution in [2.24, 2.45) is 5.92 Å². The molecule has 0 aliphatic heterocycles. The van der Waals surface area contributed by atoms with Crippen LogP contribution in [0.3, 0.4) is 0 Å². The molecule has 1 fully saturated rings. The van der Waals surface area contributed by atoms with E-state index in [2.05, 4.69) is 19.1 Å². The molecule has 0 aromatic heterocycles. The first-order valence-electron chi connectivity index (χ1n) is 7.24. The number of aryl methyl sites for hydroxylation is 3. The second-order valence-corrected chi connectivity index (χ2v) is 5.82. The van der Waals surface area contributed by atoms with E-state index in [1.807, 2.05) is 20.8 Å². The molecule has 104 valence electrons. The molecule has 2 nitrogen and oxygen atoms in total. The van der Waals surface area contributed by atoms with Gasteiger partial charge < -0.3 is 4.74 Å². The lowest BCUT2D eigenvalue weighted by molar-refractivity contribution is -0.0246. The van der Waals surface area contributed by atoms with Gasteiger partial charge in [0, 0.05) is 18.6 Å². The topological polar surface area (TPSA) is 26.3 Å². The van der Waals surface area contributed by atoms with Gasteiger partial charge in [-0.3, -0.25) is 4.79 Å². The van der Waals surface area contributed by atoms with Gasteiger partial charge in [-0.2, -0.15) is 0 Å². The Morgan fingerprint density at radius 3 is 2.32 bits per heavy atom. The molecule has 0 N–H and O–H groups in total. The van der Waals surface area contributed by atoms with Crippen LogP contribution >= 0.6 is 0 Å². The van der Waals surface area contributed by atoms with Gasteiger partial charge in [-0.15, -0.1) is 0 Å². The van der Waals surface area contributed by atoms with E-state index in [4.69, 9.17) is 4.74 Å². The van der Waals surface area contributed by atoms with E-state index < -0.39 is 0 Å². The molecule has 0 atom stereocenters. The van der Waals surface area contributed by atoms with Crippen LogP contribution in [0.15, 0.2) is 12.1 Å². The maximum atomic E-state index is 12.4. The lowest BCUT2D eigenvalue weighted by Gasteiger charge is -2.34. The summed E-state index contributed by atoms with van der Waals surface area (Å²) in [4.78, 5) is 12.4. The van der Waals surface area contributed by atoms with Gasteiger partial charge in [0.05, 0.1) is 6.10 Å². The Bertz CT molecular complexity index is 447. The zero-order chi connectivity index (χ0) is 14.0. The van der Waals surface area contributed by atoms with Crippen molar-refractivity contribution in [2.45, 2.75) is 53.1 Å². The van der Waals surface area contributed by atoms with Crippen molar-refractivity contribution >= 4 is 5.78 Å². The van der Waals surface area contributed by atoms with Crippen LogP contribution in [0.5, 0.6) is 0 Å². The average molecular weight is 260 g/mol. The summed E-state index contributed by atoms with van der Waals surface area (Å²) in [5, 5.41) is 0. The Morgan fingerprint density at radius 2 is 1.79 bits per heavy atom. The summed E-state index contributed by atoms with van der Waals surface area (Å²) in [6, 6.07) is 4.20. The fraction of sp³-hybridized carbons (Fsp3) is 0.588. The number of carbonyl (C=O) groups is 1. The molecular formula is C17H24O2. The third-order valence-electron chi connectivity index (χ3n) is 4.02. The molecule has 1 aromatic rings. The number of hydrogen-bond donors (Lipinski definition) is 0. The zero-order valence-electron chi connectivity index (χ0n) is 12.5. The predicted octanol–water partition coefficient (Wildman–Crippen LogP) is 4.00. The van der Waals surface area contributed by atoms with Crippen LogP contribution in [-0.4, -0.2) is 18.5 Å². The quantitative estimate of drug-likeness (QED) is 0.748. The maximum Gasteiger partial charge on any atom is 0.163 e. The van der Waals surface area contributed by atoms with Crippen LogP contribution in [-0.2, 0) is 4.74 Å².